The second kappa shape index (κ2) is 7.94. The molecule has 0 saturated heterocycles. The summed E-state index contributed by atoms with van der Waals surface area (Å²) in [5.41, 5.74) is 0. The number of methoxy groups -OCH3 is 1. The van der Waals surface area contributed by atoms with Crippen LogP contribution in [0.2, 0.25) is 0 Å². The number of carboxylic acid groups (broad SMARTS) is 1. The largest absolute Gasteiger partial charge is 0.480 e. The molecule has 1 aromatic carbocycles. The predicted molar refractivity (Wildman–Crippen MR) is 80.3 cm³/mol. The minimum Gasteiger partial charge on any atom is -0.480 e. The van der Waals surface area contributed by atoms with Crippen LogP contribution in [0.4, 0.5) is 5.95 Å². The van der Waals surface area contributed by atoms with Crippen molar-refractivity contribution in [3.05, 3.63) is 42.6 Å². The molecule has 0 fully saturated rings. The number of aromatic nitrogens is 2. The Morgan fingerprint density at radius 3 is 2.73 bits per heavy atom. The van der Waals surface area contributed by atoms with Crippen LogP contribution in [0.25, 0.3) is 0 Å². The summed E-state index contributed by atoms with van der Waals surface area (Å²) in [7, 11) is 1.55. The number of rotatable bonds is 8. The first-order chi connectivity index (χ1) is 10.7. The normalized spacial score (nSPS) is 10.2. The second-order valence-electron chi connectivity index (χ2n) is 4.42. The number of hydrogen-bond donors (Lipinski definition) is 1. The van der Waals surface area contributed by atoms with Crippen LogP contribution in [0.15, 0.2) is 42.6 Å². The predicted octanol–water partition coefficient (Wildman–Crippen LogP) is 1.81. The molecule has 7 heteroatoms. The average Bonchev–Trinajstić information content (AvgIpc) is 2.52. The first kappa shape index (κ1) is 15.7. The minimum atomic E-state index is -0.964. The van der Waals surface area contributed by atoms with E-state index in [0.29, 0.717) is 24.8 Å². The fourth-order valence-corrected chi connectivity index (χ4v) is 1.77. The van der Waals surface area contributed by atoms with Crippen molar-refractivity contribution in [1.82, 2.24) is 9.97 Å². The number of nitrogens with zero attached hydrogens (tertiary/aromatic N) is 3. The van der Waals surface area contributed by atoms with Gasteiger partial charge in [-0.3, -0.25) is 4.79 Å². The molecule has 0 amide bonds. The monoisotopic (exact) mass is 303 g/mol. The van der Waals surface area contributed by atoms with E-state index in [9.17, 15) is 4.79 Å². The summed E-state index contributed by atoms with van der Waals surface area (Å²) in [5, 5.41) is 8.98. The molecular weight excluding hydrogens is 286 g/mol. The van der Waals surface area contributed by atoms with E-state index >= 15 is 0 Å². The zero-order valence-electron chi connectivity index (χ0n) is 12.2. The van der Waals surface area contributed by atoms with Crippen molar-refractivity contribution in [3.63, 3.8) is 0 Å². The van der Waals surface area contributed by atoms with Crippen molar-refractivity contribution in [2.75, 3.05) is 31.7 Å². The maximum absolute atomic E-state index is 11.0. The molecule has 0 saturated carbocycles. The Labute approximate surface area is 128 Å². The lowest BCUT2D eigenvalue weighted by Crippen LogP contribution is -2.34. The molecule has 1 N–H and O–H groups in total. The summed E-state index contributed by atoms with van der Waals surface area (Å²) in [6.45, 7) is 0.538. The molecular formula is C15H17N3O4. The molecule has 0 spiro atoms. The summed E-state index contributed by atoms with van der Waals surface area (Å²) in [6, 6.07) is 10.8. The Kier molecular flexibility index (Phi) is 5.67. The van der Waals surface area contributed by atoms with Crippen molar-refractivity contribution in [1.29, 1.82) is 0 Å². The standard InChI is InChI=1S/C15H17N3O4/c1-21-10-9-18(11-14(19)20)15-16-8-7-13(17-15)22-12-5-3-2-4-6-12/h2-8H,9-11H2,1H3,(H,19,20). The van der Waals surface area contributed by atoms with E-state index in [1.807, 2.05) is 30.3 Å². The molecule has 7 nitrogen and oxygen atoms in total. The summed E-state index contributed by atoms with van der Waals surface area (Å²) in [4.78, 5) is 20.8. The van der Waals surface area contributed by atoms with Crippen LogP contribution in [0.5, 0.6) is 11.6 Å². The third kappa shape index (κ3) is 4.71. The Bertz CT molecular complexity index is 607. The smallest absolute Gasteiger partial charge is 0.323 e. The third-order valence-electron chi connectivity index (χ3n) is 2.76. The lowest BCUT2D eigenvalue weighted by molar-refractivity contribution is -0.135. The van der Waals surface area contributed by atoms with E-state index in [1.54, 1.807) is 13.2 Å². The van der Waals surface area contributed by atoms with Crippen molar-refractivity contribution in [2.24, 2.45) is 0 Å². The van der Waals surface area contributed by atoms with Gasteiger partial charge in [-0.15, -0.1) is 0 Å². The molecule has 0 radical (unpaired) electrons. The molecule has 22 heavy (non-hydrogen) atoms. The van der Waals surface area contributed by atoms with Gasteiger partial charge in [0.1, 0.15) is 12.3 Å². The highest BCUT2D eigenvalue weighted by atomic mass is 16.5. The van der Waals surface area contributed by atoms with Gasteiger partial charge < -0.3 is 19.5 Å². The first-order valence-electron chi connectivity index (χ1n) is 6.70. The van der Waals surface area contributed by atoms with E-state index in [2.05, 4.69) is 9.97 Å². The van der Waals surface area contributed by atoms with Crippen molar-refractivity contribution >= 4 is 11.9 Å². The number of hydrogen-bond acceptors (Lipinski definition) is 6. The lowest BCUT2D eigenvalue weighted by Gasteiger charge is -2.20. The lowest BCUT2D eigenvalue weighted by atomic mass is 10.3. The van der Waals surface area contributed by atoms with Crippen molar-refractivity contribution in [2.45, 2.75) is 0 Å². The highest BCUT2D eigenvalue weighted by Crippen LogP contribution is 2.20. The SMILES string of the molecule is COCCN(CC(=O)O)c1nccc(Oc2ccccc2)n1. The molecule has 0 aliphatic rings. The molecule has 2 aromatic rings. The van der Waals surface area contributed by atoms with Crippen LogP contribution in [0, 0.1) is 0 Å². The van der Waals surface area contributed by atoms with Crippen LogP contribution in [0.1, 0.15) is 0 Å². The maximum atomic E-state index is 11.0. The quantitative estimate of drug-likeness (QED) is 0.796. The number of benzene rings is 1. The van der Waals surface area contributed by atoms with Gasteiger partial charge in [-0.1, -0.05) is 18.2 Å². The number of aliphatic carboxylic acids is 1. The molecule has 0 aliphatic heterocycles. The zero-order chi connectivity index (χ0) is 15.8. The van der Waals surface area contributed by atoms with Gasteiger partial charge in [0, 0.05) is 25.9 Å². The fraction of sp³-hybridized carbons (Fsp3) is 0.267. The van der Waals surface area contributed by atoms with Crippen molar-refractivity contribution < 1.29 is 19.4 Å². The Morgan fingerprint density at radius 2 is 2.05 bits per heavy atom. The fourth-order valence-electron chi connectivity index (χ4n) is 1.77. The minimum absolute atomic E-state index is 0.210. The van der Waals surface area contributed by atoms with Gasteiger partial charge >= 0.3 is 5.97 Å². The van der Waals surface area contributed by atoms with Crippen molar-refractivity contribution in [3.8, 4) is 11.6 Å². The van der Waals surface area contributed by atoms with Gasteiger partial charge in [-0.2, -0.15) is 4.98 Å². The maximum Gasteiger partial charge on any atom is 0.323 e. The molecule has 0 atom stereocenters. The summed E-state index contributed by atoms with van der Waals surface area (Å²) >= 11 is 0. The number of carboxylic acids is 1. The van der Waals surface area contributed by atoms with Crippen LogP contribution in [-0.2, 0) is 9.53 Å². The Balaban J connectivity index is 2.15. The van der Waals surface area contributed by atoms with E-state index in [4.69, 9.17) is 14.6 Å². The number of para-hydroxylation sites is 1. The van der Waals surface area contributed by atoms with Crippen LogP contribution in [-0.4, -0.2) is 47.8 Å². The van der Waals surface area contributed by atoms with Gasteiger partial charge in [0.2, 0.25) is 11.8 Å². The molecule has 0 aliphatic carbocycles. The number of ether oxygens (including phenoxy) is 2. The highest BCUT2D eigenvalue weighted by molar-refractivity contribution is 5.72. The second-order valence-corrected chi connectivity index (χ2v) is 4.42. The summed E-state index contributed by atoms with van der Waals surface area (Å²) in [6.07, 6.45) is 1.53. The molecule has 1 aromatic heterocycles. The Hall–Kier alpha value is -2.67. The first-order valence-corrected chi connectivity index (χ1v) is 6.70. The molecule has 2 rings (SSSR count). The zero-order valence-corrected chi connectivity index (χ0v) is 12.2. The molecule has 1 heterocycles. The number of carbonyl (C=O) groups is 1. The van der Waals surface area contributed by atoms with E-state index in [1.165, 1.54) is 11.1 Å². The molecule has 0 bridgehead atoms. The Morgan fingerprint density at radius 1 is 1.27 bits per heavy atom. The van der Waals surface area contributed by atoms with Crippen LogP contribution < -0.4 is 9.64 Å². The molecule has 116 valence electrons. The number of anilines is 1. The van der Waals surface area contributed by atoms with Gasteiger partial charge in [0.25, 0.3) is 0 Å². The van der Waals surface area contributed by atoms with Gasteiger partial charge in [0.15, 0.2) is 0 Å². The van der Waals surface area contributed by atoms with Gasteiger partial charge in [-0.05, 0) is 12.1 Å². The van der Waals surface area contributed by atoms with Gasteiger partial charge in [0.05, 0.1) is 6.61 Å². The molecule has 0 unspecified atom stereocenters. The summed E-state index contributed by atoms with van der Waals surface area (Å²) in [5.74, 6) is 0.319. The third-order valence-corrected chi connectivity index (χ3v) is 2.76. The van der Waals surface area contributed by atoms with E-state index in [0.717, 1.165) is 0 Å². The van der Waals surface area contributed by atoms with Gasteiger partial charge in [-0.25, -0.2) is 4.98 Å². The topological polar surface area (TPSA) is 84.8 Å². The van der Waals surface area contributed by atoms with Crippen LogP contribution >= 0.6 is 0 Å². The average molecular weight is 303 g/mol. The van der Waals surface area contributed by atoms with E-state index < -0.39 is 5.97 Å². The van der Waals surface area contributed by atoms with Crippen LogP contribution in [0.3, 0.4) is 0 Å². The van der Waals surface area contributed by atoms with E-state index in [-0.39, 0.29) is 12.5 Å². The highest BCUT2D eigenvalue weighted by Gasteiger charge is 2.14. The summed E-state index contributed by atoms with van der Waals surface area (Å²) < 4.78 is 10.6.